The summed E-state index contributed by atoms with van der Waals surface area (Å²) in [5, 5.41) is 5.50. The fraction of sp³-hybridized carbons (Fsp3) is 0.714. The monoisotopic (exact) mass is 540 g/mol. The van der Waals surface area contributed by atoms with Crippen LogP contribution in [0, 0.1) is 0 Å². The average molecular weight is 540 g/mol. The van der Waals surface area contributed by atoms with Gasteiger partial charge >= 0.3 is 0 Å². The van der Waals surface area contributed by atoms with E-state index in [-0.39, 0.29) is 59.8 Å². The summed E-state index contributed by atoms with van der Waals surface area (Å²) in [7, 11) is 12.4. The second-order valence-corrected chi connectivity index (χ2v) is 6.94. The van der Waals surface area contributed by atoms with Crippen LogP contribution in [-0.2, 0) is 9.59 Å². The van der Waals surface area contributed by atoms with E-state index in [0.717, 1.165) is 22.1 Å². The molecule has 2 amide bonds. The zero-order valence-electron chi connectivity index (χ0n) is 14.4. The Morgan fingerprint density at radius 3 is 1.23 bits per heavy atom. The van der Waals surface area contributed by atoms with Crippen molar-refractivity contribution in [3.63, 3.8) is 0 Å². The van der Waals surface area contributed by atoms with Crippen LogP contribution in [0.5, 0.6) is 0 Å². The highest BCUT2D eigenvalue weighted by molar-refractivity contribution is 5.96. The number of hydrogen-bond acceptors (Lipinski definition) is 2. The van der Waals surface area contributed by atoms with Crippen molar-refractivity contribution < 1.29 is 66.5 Å². The van der Waals surface area contributed by atoms with Gasteiger partial charge in [0.2, 0.25) is 11.8 Å². The van der Waals surface area contributed by atoms with Crippen LogP contribution in [0.4, 0.5) is 0 Å². The highest BCUT2D eigenvalue weighted by Crippen LogP contribution is 1.88. The van der Waals surface area contributed by atoms with E-state index in [1.807, 2.05) is 0 Å². The molecular formula is C14H30I2N4O2. The predicted octanol–water partition coefficient (Wildman–Crippen LogP) is -6.80. The maximum Gasteiger partial charge on any atom is 0.244 e. The largest absolute Gasteiger partial charge is 1.00 e. The van der Waals surface area contributed by atoms with Crippen LogP contribution in [0.1, 0.15) is 0 Å². The summed E-state index contributed by atoms with van der Waals surface area (Å²) in [6, 6.07) is 0. The fourth-order valence-electron chi connectivity index (χ4n) is 1.30. The number of hydrogen-bond donors (Lipinski definition) is 2. The van der Waals surface area contributed by atoms with Crippen molar-refractivity contribution in [2.24, 2.45) is 0 Å². The predicted molar refractivity (Wildman–Crippen MR) is 81.0 cm³/mol. The lowest BCUT2D eigenvalue weighted by Crippen LogP contribution is -3.00. The van der Waals surface area contributed by atoms with Crippen molar-refractivity contribution in [3.05, 3.63) is 12.2 Å². The van der Waals surface area contributed by atoms with Crippen molar-refractivity contribution in [3.8, 4) is 0 Å². The van der Waals surface area contributed by atoms with E-state index < -0.39 is 0 Å². The standard InChI is InChI=1S/C14H28N4O2.2HI/c1-17(2,3)11-9-15-13(19)7-8-14(20)16-10-12-18(4,5)6;;/h7-8H,9-12H2,1-6H3;2*1H/b8-7+;;. The number of nitrogens with zero attached hydrogens (tertiary/aromatic N) is 2. The molecule has 0 unspecified atom stereocenters. The molecule has 0 aromatic carbocycles. The Morgan fingerprint density at radius 1 is 0.727 bits per heavy atom. The Kier molecular flexibility index (Phi) is 15.3. The number of carbonyl (C=O) groups is 2. The van der Waals surface area contributed by atoms with Crippen LogP contribution in [0.15, 0.2) is 12.2 Å². The van der Waals surface area contributed by atoms with Crippen LogP contribution < -0.4 is 58.6 Å². The van der Waals surface area contributed by atoms with Crippen LogP contribution in [0.3, 0.4) is 0 Å². The molecule has 0 aromatic heterocycles. The molecule has 0 aliphatic rings. The van der Waals surface area contributed by atoms with Crippen molar-refractivity contribution in [2.75, 3.05) is 68.5 Å². The summed E-state index contributed by atoms with van der Waals surface area (Å²) in [4.78, 5) is 23.0. The second-order valence-electron chi connectivity index (χ2n) is 6.94. The molecule has 22 heavy (non-hydrogen) atoms. The molecule has 8 heteroatoms. The number of rotatable bonds is 8. The average Bonchev–Trinajstić information content (AvgIpc) is 2.22. The minimum absolute atomic E-state index is 0. The van der Waals surface area contributed by atoms with E-state index in [1.165, 1.54) is 12.2 Å². The molecule has 6 nitrogen and oxygen atoms in total. The van der Waals surface area contributed by atoms with Gasteiger partial charge in [-0.15, -0.1) is 0 Å². The van der Waals surface area contributed by atoms with Gasteiger partial charge in [-0.2, -0.15) is 0 Å². The molecule has 0 radical (unpaired) electrons. The van der Waals surface area contributed by atoms with Crippen LogP contribution >= 0.6 is 0 Å². The zero-order chi connectivity index (χ0) is 15.8. The third kappa shape index (κ3) is 20.1. The number of amides is 2. The summed E-state index contributed by atoms with van der Waals surface area (Å²) >= 11 is 0. The molecule has 0 atom stereocenters. The Bertz CT molecular complexity index is 327. The lowest BCUT2D eigenvalue weighted by atomic mass is 10.4. The maximum atomic E-state index is 11.5. The smallest absolute Gasteiger partial charge is 0.244 e. The summed E-state index contributed by atoms with van der Waals surface area (Å²) in [6.07, 6.45) is 2.55. The van der Waals surface area contributed by atoms with Crippen molar-refractivity contribution in [1.29, 1.82) is 0 Å². The van der Waals surface area contributed by atoms with Crippen LogP contribution in [0.2, 0.25) is 0 Å². The summed E-state index contributed by atoms with van der Waals surface area (Å²) in [5.41, 5.74) is 0. The first-order chi connectivity index (χ1) is 8.99. The van der Waals surface area contributed by atoms with Crippen molar-refractivity contribution in [2.45, 2.75) is 0 Å². The fourth-order valence-corrected chi connectivity index (χ4v) is 1.30. The molecule has 0 heterocycles. The van der Waals surface area contributed by atoms with Gasteiger partial charge in [-0.25, -0.2) is 0 Å². The minimum atomic E-state index is -0.236. The number of likely N-dealkylation sites (N-methyl/N-ethyl adjacent to an activating group) is 2. The van der Waals surface area contributed by atoms with Gasteiger partial charge in [-0.1, -0.05) is 0 Å². The number of carbonyl (C=O) groups excluding carboxylic acids is 2. The van der Waals surface area contributed by atoms with Crippen LogP contribution in [-0.4, -0.2) is 89.2 Å². The van der Waals surface area contributed by atoms with Gasteiger partial charge in [0.25, 0.3) is 0 Å². The van der Waals surface area contributed by atoms with E-state index in [0.29, 0.717) is 13.1 Å². The van der Waals surface area contributed by atoms with Gasteiger partial charge in [-0.3, -0.25) is 9.59 Å². The molecule has 0 saturated heterocycles. The molecule has 0 fully saturated rings. The zero-order valence-corrected chi connectivity index (χ0v) is 18.8. The molecule has 0 aliphatic carbocycles. The van der Waals surface area contributed by atoms with E-state index in [1.54, 1.807) is 0 Å². The lowest BCUT2D eigenvalue weighted by molar-refractivity contribution is -0.869. The molecule has 132 valence electrons. The highest BCUT2D eigenvalue weighted by Gasteiger charge is 2.08. The number of halogens is 2. The van der Waals surface area contributed by atoms with E-state index in [2.05, 4.69) is 52.9 Å². The van der Waals surface area contributed by atoms with Crippen molar-refractivity contribution in [1.82, 2.24) is 10.6 Å². The third-order valence-electron chi connectivity index (χ3n) is 2.55. The normalized spacial score (nSPS) is 11.4. The molecule has 0 aromatic rings. The Morgan fingerprint density at radius 2 is 1.00 bits per heavy atom. The highest BCUT2D eigenvalue weighted by atomic mass is 127. The van der Waals surface area contributed by atoms with E-state index in [4.69, 9.17) is 0 Å². The van der Waals surface area contributed by atoms with Gasteiger partial charge in [0.15, 0.2) is 0 Å². The number of quaternary nitrogens is 2. The molecule has 2 N–H and O–H groups in total. The molecule has 0 aliphatic heterocycles. The third-order valence-corrected chi connectivity index (χ3v) is 2.55. The lowest BCUT2D eigenvalue weighted by Gasteiger charge is -2.23. The van der Waals surface area contributed by atoms with E-state index >= 15 is 0 Å². The quantitative estimate of drug-likeness (QED) is 0.183. The molecule has 0 rings (SSSR count). The van der Waals surface area contributed by atoms with Gasteiger partial charge < -0.3 is 67.6 Å². The first kappa shape index (κ1) is 26.9. The van der Waals surface area contributed by atoms with Crippen LogP contribution in [0.25, 0.3) is 0 Å². The Balaban J connectivity index is -0.00000180. The Labute approximate surface area is 168 Å². The Hall–Kier alpha value is 0.0600. The van der Waals surface area contributed by atoms with Gasteiger partial charge in [-0.05, 0) is 0 Å². The number of nitrogens with one attached hydrogen (secondary N) is 2. The van der Waals surface area contributed by atoms with Gasteiger partial charge in [0, 0.05) is 12.2 Å². The second kappa shape index (κ2) is 12.5. The minimum Gasteiger partial charge on any atom is -1.00 e. The summed E-state index contributed by atoms with van der Waals surface area (Å²) in [5.74, 6) is -0.472. The van der Waals surface area contributed by atoms with Gasteiger partial charge in [0.1, 0.15) is 0 Å². The van der Waals surface area contributed by atoms with Crippen molar-refractivity contribution >= 4 is 11.8 Å². The SMILES string of the molecule is C[N+](C)(C)CCNC(=O)/C=C/C(=O)NCC[N+](C)(C)C.[I-].[I-]. The summed E-state index contributed by atoms with van der Waals surface area (Å²) in [6.45, 7) is 2.87. The summed E-state index contributed by atoms with van der Waals surface area (Å²) < 4.78 is 1.57. The molecule has 0 bridgehead atoms. The first-order valence-electron chi connectivity index (χ1n) is 6.84. The van der Waals surface area contributed by atoms with E-state index in [9.17, 15) is 9.59 Å². The topological polar surface area (TPSA) is 58.2 Å². The maximum absolute atomic E-state index is 11.5. The van der Waals surface area contributed by atoms with Gasteiger partial charge in [0.05, 0.1) is 68.5 Å². The molecule has 0 saturated carbocycles. The molecular weight excluding hydrogens is 510 g/mol. The molecule has 0 spiro atoms. The first-order valence-corrected chi connectivity index (χ1v) is 6.84.